The Hall–Kier alpha value is -0.180. The maximum atomic E-state index is 12.5. The van der Waals surface area contributed by atoms with E-state index in [4.69, 9.17) is 0 Å². The summed E-state index contributed by atoms with van der Waals surface area (Å²) in [6.45, 7) is 3.41. The van der Waals surface area contributed by atoms with Crippen LogP contribution in [0.1, 0.15) is 13.3 Å². The van der Waals surface area contributed by atoms with Gasteiger partial charge in [-0.2, -0.15) is 0 Å². The van der Waals surface area contributed by atoms with Crippen molar-refractivity contribution in [1.82, 2.24) is 4.90 Å². The largest absolute Gasteiger partial charge is 0.297 e. The van der Waals surface area contributed by atoms with Crippen molar-refractivity contribution in [3.8, 4) is 0 Å². The highest BCUT2D eigenvalue weighted by molar-refractivity contribution is 4.83. The minimum Gasteiger partial charge on any atom is -0.297 e. The van der Waals surface area contributed by atoms with E-state index in [1.54, 1.807) is 0 Å². The third-order valence-corrected chi connectivity index (χ3v) is 1.80. The van der Waals surface area contributed by atoms with E-state index in [9.17, 15) is 8.78 Å². The van der Waals surface area contributed by atoms with Crippen LogP contribution in [0.4, 0.5) is 8.78 Å². The summed E-state index contributed by atoms with van der Waals surface area (Å²) in [5.41, 5.74) is 0. The number of hydrogen-bond acceptors (Lipinski definition) is 1. The summed E-state index contributed by atoms with van der Waals surface area (Å²) >= 11 is 0. The molecule has 0 aromatic carbocycles. The first-order valence-corrected chi connectivity index (χ1v) is 3.74. The lowest BCUT2D eigenvalue weighted by atomic mass is 10.3. The molecule has 2 atom stereocenters. The van der Waals surface area contributed by atoms with Crippen LogP contribution in [0.2, 0.25) is 0 Å². The van der Waals surface area contributed by atoms with E-state index in [1.807, 2.05) is 11.8 Å². The molecule has 1 aliphatic heterocycles. The first kappa shape index (κ1) is 7.92. The van der Waals surface area contributed by atoms with E-state index in [0.29, 0.717) is 0 Å². The zero-order chi connectivity index (χ0) is 7.56. The van der Waals surface area contributed by atoms with Crippen molar-refractivity contribution in [1.29, 1.82) is 0 Å². The van der Waals surface area contributed by atoms with Crippen LogP contribution in [-0.4, -0.2) is 36.9 Å². The Balaban J connectivity index is 2.27. The van der Waals surface area contributed by atoms with Gasteiger partial charge < -0.3 is 0 Å². The van der Waals surface area contributed by atoms with Crippen LogP contribution in [0.25, 0.3) is 0 Å². The summed E-state index contributed by atoms with van der Waals surface area (Å²) < 4.78 is 24.9. The number of rotatable bonds is 2. The Morgan fingerprint density at radius 3 is 2.20 bits per heavy atom. The quantitative estimate of drug-likeness (QED) is 0.573. The summed E-state index contributed by atoms with van der Waals surface area (Å²) in [5, 5.41) is 0. The maximum absolute atomic E-state index is 12.5. The molecule has 1 aliphatic rings. The van der Waals surface area contributed by atoms with Crippen molar-refractivity contribution < 1.29 is 8.78 Å². The SMILES string of the molecule is CCCN1CC(F)C(F)C1. The van der Waals surface area contributed by atoms with E-state index in [-0.39, 0.29) is 13.1 Å². The van der Waals surface area contributed by atoms with Crippen LogP contribution in [-0.2, 0) is 0 Å². The minimum absolute atomic E-state index is 0.287. The number of alkyl halides is 2. The van der Waals surface area contributed by atoms with Gasteiger partial charge in [0.15, 0.2) is 0 Å². The molecule has 0 aromatic rings. The standard InChI is InChI=1S/C7H13F2N/c1-2-3-10-4-6(8)7(9)5-10/h6-7H,2-5H2,1H3. The Labute approximate surface area is 60.0 Å². The molecule has 1 rings (SSSR count). The minimum atomic E-state index is -1.24. The van der Waals surface area contributed by atoms with E-state index in [2.05, 4.69) is 0 Å². The van der Waals surface area contributed by atoms with Crippen molar-refractivity contribution in [3.05, 3.63) is 0 Å². The third kappa shape index (κ3) is 1.66. The summed E-state index contributed by atoms with van der Waals surface area (Å²) in [4.78, 5) is 1.83. The first-order chi connectivity index (χ1) is 4.74. The Morgan fingerprint density at radius 1 is 1.30 bits per heavy atom. The highest BCUT2D eigenvalue weighted by atomic mass is 19.2. The lowest BCUT2D eigenvalue weighted by Crippen LogP contribution is -2.21. The van der Waals surface area contributed by atoms with Crippen LogP contribution in [0.3, 0.4) is 0 Å². The fourth-order valence-corrected chi connectivity index (χ4v) is 1.30. The summed E-state index contributed by atoms with van der Waals surface area (Å²) in [6, 6.07) is 0. The van der Waals surface area contributed by atoms with Crippen molar-refractivity contribution in [2.75, 3.05) is 19.6 Å². The van der Waals surface area contributed by atoms with Gasteiger partial charge in [-0.25, -0.2) is 8.78 Å². The van der Waals surface area contributed by atoms with Gasteiger partial charge in [-0.3, -0.25) is 4.90 Å². The molecular formula is C7H13F2N. The number of nitrogens with zero attached hydrogens (tertiary/aromatic N) is 1. The Morgan fingerprint density at radius 2 is 1.80 bits per heavy atom. The molecule has 1 saturated heterocycles. The second kappa shape index (κ2) is 3.28. The first-order valence-electron chi connectivity index (χ1n) is 3.74. The third-order valence-electron chi connectivity index (χ3n) is 1.80. The molecular weight excluding hydrogens is 136 g/mol. The van der Waals surface area contributed by atoms with E-state index in [0.717, 1.165) is 13.0 Å². The Bertz CT molecular complexity index is 97.8. The maximum Gasteiger partial charge on any atom is 0.145 e. The van der Waals surface area contributed by atoms with Crippen molar-refractivity contribution in [3.63, 3.8) is 0 Å². The lowest BCUT2D eigenvalue weighted by molar-refractivity contribution is 0.217. The molecule has 0 aromatic heterocycles. The van der Waals surface area contributed by atoms with Gasteiger partial charge in [0.1, 0.15) is 12.3 Å². The second-order valence-electron chi connectivity index (χ2n) is 2.79. The zero-order valence-corrected chi connectivity index (χ0v) is 6.19. The van der Waals surface area contributed by atoms with E-state index < -0.39 is 12.3 Å². The van der Waals surface area contributed by atoms with Crippen molar-refractivity contribution >= 4 is 0 Å². The van der Waals surface area contributed by atoms with E-state index >= 15 is 0 Å². The van der Waals surface area contributed by atoms with Crippen molar-refractivity contribution in [2.24, 2.45) is 0 Å². The lowest BCUT2D eigenvalue weighted by Gasteiger charge is -2.11. The molecule has 0 aliphatic carbocycles. The summed E-state index contributed by atoms with van der Waals surface area (Å²) in [5.74, 6) is 0. The van der Waals surface area contributed by atoms with Crippen LogP contribution in [0.5, 0.6) is 0 Å². The zero-order valence-electron chi connectivity index (χ0n) is 6.19. The smallest absolute Gasteiger partial charge is 0.145 e. The van der Waals surface area contributed by atoms with Crippen LogP contribution in [0, 0.1) is 0 Å². The van der Waals surface area contributed by atoms with Gasteiger partial charge in [-0.1, -0.05) is 6.92 Å². The molecule has 0 spiro atoms. The molecule has 1 nitrogen and oxygen atoms in total. The molecule has 0 bridgehead atoms. The number of halogens is 2. The molecule has 3 heteroatoms. The normalized spacial score (nSPS) is 35.1. The number of likely N-dealkylation sites (tertiary alicyclic amines) is 1. The molecule has 60 valence electrons. The molecule has 0 saturated carbocycles. The van der Waals surface area contributed by atoms with Gasteiger partial charge in [0.2, 0.25) is 0 Å². The average molecular weight is 149 g/mol. The fraction of sp³-hybridized carbons (Fsp3) is 1.00. The van der Waals surface area contributed by atoms with Crippen LogP contribution >= 0.6 is 0 Å². The molecule has 0 radical (unpaired) electrons. The molecule has 10 heavy (non-hydrogen) atoms. The van der Waals surface area contributed by atoms with Crippen LogP contribution < -0.4 is 0 Å². The van der Waals surface area contributed by atoms with Gasteiger partial charge in [0.05, 0.1) is 0 Å². The molecule has 2 unspecified atom stereocenters. The highest BCUT2D eigenvalue weighted by Gasteiger charge is 2.31. The van der Waals surface area contributed by atoms with E-state index in [1.165, 1.54) is 0 Å². The molecule has 1 heterocycles. The van der Waals surface area contributed by atoms with Gasteiger partial charge >= 0.3 is 0 Å². The Kier molecular flexibility index (Phi) is 2.60. The summed E-state index contributed by atoms with van der Waals surface area (Å²) in [7, 11) is 0. The highest BCUT2D eigenvalue weighted by Crippen LogP contribution is 2.16. The number of hydrogen-bond donors (Lipinski definition) is 0. The van der Waals surface area contributed by atoms with Gasteiger partial charge in [0.25, 0.3) is 0 Å². The van der Waals surface area contributed by atoms with Gasteiger partial charge in [-0.05, 0) is 13.0 Å². The monoisotopic (exact) mass is 149 g/mol. The average Bonchev–Trinajstić information content (AvgIpc) is 2.14. The topological polar surface area (TPSA) is 3.24 Å². The van der Waals surface area contributed by atoms with Crippen molar-refractivity contribution in [2.45, 2.75) is 25.7 Å². The summed E-state index contributed by atoms with van der Waals surface area (Å²) in [6.07, 6.45) is -1.52. The second-order valence-corrected chi connectivity index (χ2v) is 2.79. The predicted octanol–water partition coefficient (Wildman–Crippen LogP) is 1.39. The molecule has 0 amide bonds. The molecule has 1 fully saturated rings. The molecule has 0 N–H and O–H groups in total. The van der Waals surface area contributed by atoms with Gasteiger partial charge in [0, 0.05) is 13.1 Å². The van der Waals surface area contributed by atoms with Gasteiger partial charge in [-0.15, -0.1) is 0 Å². The predicted molar refractivity (Wildman–Crippen MR) is 36.5 cm³/mol. The fourth-order valence-electron chi connectivity index (χ4n) is 1.30. The van der Waals surface area contributed by atoms with Crippen LogP contribution in [0.15, 0.2) is 0 Å².